The van der Waals surface area contributed by atoms with Crippen molar-refractivity contribution in [3.05, 3.63) is 59.8 Å². The van der Waals surface area contributed by atoms with E-state index in [1.54, 1.807) is 52.8 Å². The van der Waals surface area contributed by atoms with Gasteiger partial charge in [-0.25, -0.2) is 32.5 Å². The molecule has 0 fully saturated rings. The number of amides is 2. The van der Waals surface area contributed by atoms with Gasteiger partial charge in [0.15, 0.2) is 28.6 Å². The minimum atomic E-state index is -3.01. The molecule has 0 unspecified atom stereocenters. The number of likely N-dealkylation sites (N-methyl/N-ethyl adjacent to an activating group) is 1. The maximum atomic E-state index is 14.9. The van der Waals surface area contributed by atoms with Crippen molar-refractivity contribution in [2.45, 2.75) is 58.4 Å². The number of nitrogens with zero attached hydrogens (tertiary/aromatic N) is 3. The molecule has 4 rings (SSSR count). The van der Waals surface area contributed by atoms with E-state index >= 15 is 0 Å². The van der Waals surface area contributed by atoms with Crippen LogP contribution in [0.15, 0.2) is 42.6 Å². The van der Waals surface area contributed by atoms with E-state index in [9.17, 15) is 22.6 Å². The SMILES string of the molecule is CC(C)[C@H](NC(=O)OC(C)(C)C)C(=O)[N+](C)=[S@@](C)(=O)Cc1cc2cc(c1)OCCCOc1cc(F)ccc1-c1nc(ncc1F)N2. The van der Waals surface area contributed by atoms with Crippen molar-refractivity contribution >= 4 is 33.4 Å². The van der Waals surface area contributed by atoms with E-state index in [1.807, 2.05) is 0 Å². The zero-order chi connectivity index (χ0) is 33.8. The first-order chi connectivity index (χ1) is 21.5. The molecule has 2 atom stereocenters. The third-order valence-electron chi connectivity index (χ3n) is 6.91. The highest BCUT2D eigenvalue weighted by Gasteiger charge is 2.35. The normalized spacial score (nSPS) is 15.1. The van der Waals surface area contributed by atoms with Gasteiger partial charge in [0.2, 0.25) is 5.95 Å². The number of anilines is 2. The number of nitrogens with one attached hydrogen (secondary N) is 2. The second kappa shape index (κ2) is 14.0. The van der Waals surface area contributed by atoms with Gasteiger partial charge in [-0.3, -0.25) is 0 Å². The van der Waals surface area contributed by atoms with Gasteiger partial charge in [0.1, 0.15) is 28.6 Å². The smallest absolute Gasteiger partial charge is 0.418 e. The second-order valence-electron chi connectivity index (χ2n) is 12.4. The van der Waals surface area contributed by atoms with Crippen molar-refractivity contribution in [3.8, 4) is 22.8 Å². The number of alkyl carbamates (subject to hydrolysis) is 1. The lowest BCUT2D eigenvalue weighted by Gasteiger charge is -2.23. The summed E-state index contributed by atoms with van der Waals surface area (Å²) in [6.45, 7) is 9.09. The third kappa shape index (κ3) is 8.89. The highest BCUT2D eigenvalue weighted by molar-refractivity contribution is 7.90. The molecule has 14 heteroatoms. The molecule has 248 valence electrons. The summed E-state index contributed by atoms with van der Waals surface area (Å²) in [5.41, 5.74) is 0.463. The van der Waals surface area contributed by atoms with E-state index in [-0.39, 0.29) is 47.8 Å². The van der Waals surface area contributed by atoms with Crippen LogP contribution in [0.5, 0.6) is 11.5 Å². The predicted molar refractivity (Wildman–Crippen MR) is 170 cm³/mol. The lowest BCUT2D eigenvalue weighted by atomic mass is 10.0. The molecule has 0 spiro atoms. The molecular formula is C32H40F2N5O6S+. The van der Waals surface area contributed by atoms with Crippen LogP contribution in [0.25, 0.3) is 11.3 Å². The molecule has 0 radical (unpaired) electrons. The standard InChI is InChI=1S/C32H39F2N5O6S/c1-19(2)27(38-31(41)45-32(3,4)5)29(40)39(6)46(7,42)18-20-13-22-16-23(14-20)43-11-8-12-44-26-15-21(33)9-10-24(26)28-25(34)17-35-30(36-22)37-28/h9-10,13-17,19,27H,8,11-12,18H2,1-7H3,(H-,35,36,37,38,41)/p+1/t27-,46-/m0/s1. The molecule has 2 heterocycles. The Kier molecular flexibility index (Phi) is 10.5. The van der Waals surface area contributed by atoms with E-state index in [0.717, 1.165) is 10.1 Å². The number of benzene rings is 2. The molecule has 2 amide bonds. The van der Waals surface area contributed by atoms with Gasteiger partial charge in [-0.2, -0.15) is 0 Å². The molecule has 2 aromatic carbocycles. The Bertz CT molecular complexity index is 1750. The van der Waals surface area contributed by atoms with Gasteiger partial charge in [-0.1, -0.05) is 13.8 Å². The predicted octanol–water partition coefficient (Wildman–Crippen LogP) is 5.64. The van der Waals surface area contributed by atoms with Crippen molar-refractivity contribution < 1.29 is 40.7 Å². The zero-order valence-corrected chi connectivity index (χ0v) is 27.8. The first kappa shape index (κ1) is 34.5. The lowest BCUT2D eigenvalue weighted by Crippen LogP contribution is -2.50. The largest absolute Gasteiger partial charge is 0.493 e. The van der Waals surface area contributed by atoms with E-state index < -0.39 is 45.0 Å². The fourth-order valence-electron chi connectivity index (χ4n) is 4.63. The molecule has 4 bridgehead atoms. The van der Waals surface area contributed by atoms with Crippen LogP contribution in [0.1, 0.15) is 46.6 Å². The zero-order valence-electron chi connectivity index (χ0n) is 27.0. The minimum Gasteiger partial charge on any atom is -0.493 e. The van der Waals surface area contributed by atoms with Gasteiger partial charge < -0.3 is 24.8 Å². The highest BCUT2D eigenvalue weighted by atomic mass is 32.2. The quantitative estimate of drug-likeness (QED) is 0.334. The van der Waals surface area contributed by atoms with E-state index in [0.29, 0.717) is 23.4 Å². The molecule has 0 saturated heterocycles. The third-order valence-corrected chi connectivity index (χ3v) is 9.12. The molecule has 1 aromatic heterocycles. The Hall–Kier alpha value is -4.33. The van der Waals surface area contributed by atoms with Gasteiger partial charge in [-0.05, 0) is 56.5 Å². The van der Waals surface area contributed by atoms with Crippen molar-refractivity contribution in [1.29, 1.82) is 0 Å². The molecule has 1 aliphatic rings. The number of fused-ring (bicyclic) bond motifs is 6. The maximum absolute atomic E-state index is 14.9. The average molecular weight is 661 g/mol. The van der Waals surface area contributed by atoms with Crippen molar-refractivity contribution in [3.63, 3.8) is 0 Å². The van der Waals surface area contributed by atoms with Gasteiger partial charge in [0, 0.05) is 29.8 Å². The summed E-state index contributed by atoms with van der Waals surface area (Å²) >= 11 is 0. The van der Waals surface area contributed by atoms with E-state index in [2.05, 4.69) is 20.6 Å². The Morgan fingerprint density at radius 3 is 2.54 bits per heavy atom. The Labute approximate surface area is 267 Å². The van der Waals surface area contributed by atoms with Crippen molar-refractivity contribution in [1.82, 2.24) is 15.3 Å². The number of ether oxygens (including phenoxy) is 3. The number of hydrogen-bond donors (Lipinski definition) is 2. The first-order valence-corrected chi connectivity index (χ1v) is 16.8. The Balaban J connectivity index is 1.67. The van der Waals surface area contributed by atoms with Crippen LogP contribution in [0.3, 0.4) is 0 Å². The molecule has 2 N–H and O–H groups in total. The fourth-order valence-corrected chi connectivity index (χ4v) is 6.10. The van der Waals surface area contributed by atoms with Gasteiger partial charge >= 0.3 is 12.0 Å². The Morgan fingerprint density at radius 2 is 1.85 bits per heavy atom. The van der Waals surface area contributed by atoms with Crippen LogP contribution in [-0.4, -0.2) is 68.3 Å². The highest BCUT2D eigenvalue weighted by Crippen LogP contribution is 2.33. The number of rotatable bonds is 5. The summed E-state index contributed by atoms with van der Waals surface area (Å²) in [4.78, 5) is 34.4. The summed E-state index contributed by atoms with van der Waals surface area (Å²) in [6.07, 6.45) is 2.14. The molecule has 46 heavy (non-hydrogen) atoms. The van der Waals surface area contributed by atoms with Gasteiger partial charge in [0.05, 0.1) is 31.4 Å². The molecule has 3 aromatic rings. The van der Waals surface area contributed by atoms with Crippen LogP contribution >= 0.6 is 0 Å². The number of aromatic nitrogens is 2. The monoisotopic (exact) mass is 660 g/mol. The molecular weight excluding hydrogens is 620 g/mol. The van der Waals surface area contributed by atoms with Crippen LogP contribution in [0.4, 0.5) is 25.2 Å². The number of carbonyl (C=O) groups excluding carboxylic acids is 2. The molecule has 1 aliphatic heterocycles. The lowest BCUT2D eigenvalue weighted by molar-refractivity contribution is -0.400. The minimum absolute atomic E-state index is 0.0457. The number of carbonyl (C=O) groups is 2. The van der Waals surface area contributed by atoms with Crippen LogP contribution < -0.4 is 20.1 Å². The summed E-state index contributed by atoms with van der Waals surface area (Å²) < 4.78 is 61.2. The summed E-state index contributed by atoms with van der Waals surface area (Å²) in [7, 11) is -1.57. The fraction of sp³-hybridized carbons (Fsp3) is 0.438. The van der Waals surface area contributed by atoms with Crippen molar-refractivity contribution in [2.24, 2.45) is 5.92 Å². The topological polar surface area (TPSA) is 132 Å². The van der Waals surface area contributed by atoms with Crippen molar-refractivity contribution in [2.75, 3.05) is 31.8 Å². The molecule has 0 aliphatic carbocycles. The summed E-state index contributed by atoms with van der Waals surface area (Å²) in [5.74, 6) is -1.52. The summed E-state index contributed by atoms with van der Waals surface area (Å²) in [5, 5.41) is 5.65. The van der Waals surface area contributed by atoms with Crippen LogP contribution in [-0.2, 0) is 25.0 Å². The van der Waals surface area contributed by atoms with E-state index in [4.69, 9.17) is 14.2 Å². The van der Waals surface area contributed by atoms with Gasteiger partial charge in [-0.15, -0.1) is 3.95 Å². The molecule has 11 nitrogen and oxygen atoms in total. The first-order valence-electron chi connectivity index (χ1n) is 14.8. The Morgan fingerprint density at radius 1 is 1.13 bits per heavy atom. The second-order valence-corrected chi connectivity index (χ2v) is 15.1. The van der Waals surface area contributed by atoms with Gasteiger partial charge in [0.25, 0.3) is 0 Å². The van der Waals surface area contributed by atoms with E-state index in [1.165, 1.54) is 31.5 Å². The summed E-state index contributed by atoms with van der Waals surface area (Å²) in [6, 6.07) is 7.89. The average Bonchev–Trinajstić information content (AvgIpc) is 2.94. The molecule has 0 saturated carbocycles. The van der Waals surface area contributed by atoms with Crippen LogP contribution in [0.2, 0.25) is 0 Å². The number of halogens is 2. The maximum Gasteiger partial charge on any atom is 0.418 e. The number of hydrogen-bond acceptors (Lipinski definition) is 9. The van der Waals surface area contributed by atoms with Crippen LogP contribution in [0, 0.1) is 17.6 Å².